The summed E-state index contributed by atoms with van der Waals surface area (Å²) >= 11 is 0. The number of carbonyl (C=O) groups excluding carboxylic acids is 1. The third-order valence-corrected chi connectivity index (χ3v) is 5.02. The van der Waals surface area contributed by atoms with Crippen molar-refractivity contribution < 1.29 is 4.79 Å². The molecule has 1 aromatic carbocycles. The van der Waals surface area contributed by atoms with Crippen molar-refractivity contribution in [2.24, 2.45) is 5.92 Å². The average Bonchev–Trinajstić information content (AvgIpc) is 3.15. The van der Waals surface area contributed by atoms with E-state index < -0.39 is 0 Å². The Balaban J connectivity index is 1.33. The molecule has 0 radical (unpaired) electrons. The SMILES string of the molecule is O=C(CCCc1ccccc1)N1CCC(CCn2ccnc2)CC1. The summed E-state index contributed by atoms with van der Waals surface area (Å²) in [6.45, 7) is 2.90. The Kier molecular flexibility index (Phi) is 6.05. The fourth-order valence-corrected chi connectivity index (χ4v) is 3.47. The molecule has 0 N–H and O–H groups in total. The maximum atomic E-state index is 12.4. The molecule has 1 aliphatic rings. The highest BCUT2D eigenvalue weighted by atomic mass is 16.2. The Hall–Kier alpha value is -2.10. The number of imidazole rings is 1. The summed E-state index contributed by atoms with van der Waals surface area (Å²) < 4.78 is 2.14. The largest absolute Gasteiger partial charge is 0.343 e. The predicted molar refractivity (Wildman–Crippen MR) is 95.5 cm³/mol. The van der Waals surface area contributed by atoms with E-state index >= 15 is 0 Å². The second kappa shape index (κ2) is 8.67. The third kappa shape index (κ3) is 4.95. The van der Waals surface area contributed by atoms with Gasteiger partial charge in [0, 0.05) is 38.4 Å². The zero-order valence-electron chi connectivity index (χ0n) is 14.3. The molecule has 24 heavy (non-hydrogen) atoms. The van der Waals surface area contributed by atoms with Gasteiger partial charge in [0.25, 0.3) is 0 Å². The van der Waals surface area contributed by atoms with E-state index in [2.05, 4.69) is 38.7 Å². The highest BCUT2D eigenvalue weighted by Crippen LogP contribution is 2.22. The molecule has 1 amide bonds. The lowest BCUT2D eigenvalue weighted by atomic mass is 9.93. The van der Waals surface area contributed by atoms with Crippen LogP contribution in [0.5, 0.6) is 0 Å². The van der Waals surface area contributed by atoms with E-state index in [1.54, 1.807) is 0 Å². The van der Waals surface area contributed by atoms with E-state index in [0.717, 1.165) is 51.2 Å². The molecule has 0 spiro atoms. The van der Waals surface area contributed by atoms with E-state index in [1.807, 2.05) is 24.8 Å². The lowest BCUT2D eigenvalue weighted by Crippen LogP contribution is -2.38. The lowest BCUT2D eigenvalue weighted by molar-refractivity contribution is -0.132. The van der Waals surface area contributed by atoms with Gasteiger partial charge in [0.15, 0.2) is 0 Å². The number of benzene rings is 1. The molecular weight excluding hydrogens is 298 g/mol. The molecule has 0 bridgehead atoms. The number of rotatable bonds is 7. The van der Waals surface area contributed by atoms with E-state index in [-0.39, 0.29) is 0 Å². The Morgan fingerprint density at radius 2 is 1.96 bits per heavy atom. The highest BCUT2D eigenvalue weighted by molar-refractivity contribution is 5.76. The van der Waals surface area contributed by atoms with E-state index in [4.69, 9.17) is 0 Å². The first-order valence-corrected chi connectivity index (χ1v) is 9.09. The fourth-order valence-electron chi connectivity index (χ4n) is 3.47. The molecule has 2 heterocycles. The summed E-state index contributed by atoms with van der Waals surface area (Å²) in [5.74, 6) is 1.07. The third-order valence-electron chi connectivity index (χ3n) is 5.02. The Bertz CT molecular complexity index is 601. The molecule has 0 unspecified atom stereocenters. The van der Waals surface area contributed by atoms with Crippen LogP contribution in [0.25, 0.3) is 0 Å². The van der Waals surface area contributed by atoms with Crippen LogP contribution in [0, 0.1) is 5.92 Å². The highest BCUT2D eigenvalue weighted by Gasteiger charge is 2.22. The second-order valence-electron chi connectivity index (χ2n) is 6.75. The molecule has 1 aliphatic heterocycles. The number of aromatic nitrogens is 2. The maximum Gasteiger partial charge on any atom is 0.222 e. The summed E-state index contributed by atoms with van der Waals surface area (Å²) in [5, 5.41) is 0. The maximum absolute atomic E-state index is 12.4. The number of amides is 1. The quantitative estimate of drug-likeness (QED) is 0.781. The molecule has 0 atom stereocenters. The molecule has 2 aromatic rings. The first-order chi connectivity index (χ1) is 11.8. The van der Waals surface area contributed by atoms with Crippen molar-refractivity contribution in [3.8, 4) is 0 Å². The van der Waals surface area contributed by atoms with Crippen molar-refractivity contribution in [3.63, 3.8) is 0 Å². The normalized spacial score (nSPS) is 15.6. The molecule has 1 aromatic heterocycles. The smallest absolute Gasteiger partial charge is 0.222 e. The molecule has 0 aliphatic carbocycles. The summed E-state index contributed by atoms with van der Waals surface area (Å²) in [7, 11) is 0. The monoisotopic (exact) mass is 325 g/mol. The number of piperidine rings is 1. The second-order valence-corrected chi connectivity index (χ2v) is 6.75. The van der Waals surface area contributed by atoms with E-state index in [1.165, 1.54) is 12.0 Å². The number of nitrogens with zero attached hydrogens (tertiary/aromatic N) is 3. The Morgan fingerprint density at radius 3 is 2.67 bits per heavy atom. The van der Waals surface area contributed by atoms with Gasteiger partial charge in [-0.25, -0.2) is 4.98 Å². The standard InChI is InChI=1S/C20H27N3O/c24-20(8-4-7-18-5-2-1-3-6-18)23-14-10-19(11-15-23)9-13-22-16-12-21-17-22/h1-3,5-6,12,16-17,19H,4,7-11,13-15H2. The van der Waals surface area contributed by atoms with Gasteiger partial charge in [-0.15, -0.1) is 0 Å². The molecule has 3 rings (SSSR count). The minimum Gasteiger partial charge on any atom is -0.343 e. The van der Waals surface area contributed by atoms with Crippen molar-refractivity contribution >= 4 is 5.91 Å². The predicted octanol–water partition coefficient (Wildman–Crippen LogP) is 3.53. The summed E-state index contributed by atoms with van der Waals surface area (Å²) in [6, 6.07) is 10.4. The van der Waals surface area contributed by atoms with Crippen LogP contribution < -0.4 is 0 Å². The zero-order valence-corrected chi connectivity index (χ0v) is 14.3. The van der Waals surface area contributed by atoms with Crippen molar-refractivity contribution in [1.82, 2.24) is 14.5 Å². The number of carbonyl (C=O) groups is 1. The van der Waals surface area contributed by atoms with E-state index in [9.17, 15) is 4.79 Å². The van der Waals surface area contributed by atoms with Gasteiger partial charge in [-0.2, -0.15) is 0 Å². The molecule has 1 saturated heterocycles. The summed E-state index contributed by atoms with van der Waals surface area (Å²) in [4.78, 5) is 18.5. The Morgan fingerprint density at radius 1 is 1.17 bits per heavy atom. The molecular formula is C20H27N3O. The molecule has 4 nitrogen and oxygen atoms in total. The molecule has 0 saturated carbocycles. The number of hydrogen-bond acceptors (Lipinski definition) is 2. The number of likely N-dealkylation sites (tertiary alicyclic amines) is 1. The zero-order chi connectivity index (χ0) is 16.6. The average molecular weight is 325 g/mol. The minimum absolute atomic E-state index is 0.332. The van der Waals surface area contributed by atoms with Crippen LogP contribution in [0.3, 0.4) is 0 Å². The van der Waals surface area contributed by atoms with Gasteiger partial charge >= 0.3 is 0 Å². The van der Waals surface area contributed by atoms with Gasteiger partial charge in [-0.1, -0.05) is 30.3 Å². The van der Waals surface area contributed by atoms with Crippen molar-refractivity contribution in [3.05, 3.63) is 54.6 Å². The fraction of sp³-hybridized carbons (Fsp3) is 0.500. The van der Waals surface area contributed by atoms with Gasteiger partial charge < -0.3 is 9.47 Å². The number of hydrogen-bond donors (Lipinski definition) is 0. The molecule has 1 fully saturated rings. The minimum atomic E-state index is 0.332. The first-order valence-electron chi connectivity index (χ1n) is 9.09. The van der Waals surface area contributed by atoms with E-state index in [0.29, 0.717) is 12.3 Å². The van der Waals surface area contributed by atoms with Crippen molar-refractivity contribution in [1.29, 1.82) is 0 Å². The summed E-state index contributed by atoms with van der Waals surface area (Å²) in [6.07, 6.45) is 11.8. The lowest BCUT2D eigenvalue weighted by Gasteiger charge is -2.32. The van der Waals surface area contributed by atoms with Crippen LogP contribution in [0.15, 0.2) is 49.1 Å². The van der Waals surface area contributed by atoms with Gasteiger partial charge in [0.2, 0.25) is 5.91 Å². The van der Waals surface area contributed by atoms with Gasteiger partial charge in [0.05, 0.1) is 6.33 Å². The van der Waals surface area contributed by atoms with Crippen LogP contribution >= 0.6 is 0 Å². The molecule has 128 valence electrons. The van der Waals surface area contributed by atoms with Gasteiger partial charge in [0.1, 0.15) is 0 Å². The van der Waals surface area contributed by atoms with Crippen LogP contribution in [-0.2, 0) is 17.8 Å². The van der Waals surface area contributed by atoms with Crippen molar-refractivity contribution in [2.45, 2.75) is 45.1 Å². The van der Waals surface area contributed by atoms with Crippen molar-refractivity contribution in [2.75, 3.05) is 13.1 Å². The van der Waals surface area contributed by atoms with Crippen LogP contribution in [0.1, 0.15) is 37.7 Å². The van der Waals surface area contributed by atoms with Crippen LogP contribution in [0.2, 0.25) is 0 Å². The van der Waals surface area contributed by atoms with Crippen LogP contribution in [-0.4, -0.2) is 33.4 Å². The van der Waals surface area contributed by atoms with Gasteiger partial charge in [-0.05, 0) is 43.6 Å². The van der Waals surface area contributed by atoms with Crippen LogP contribution in [0.4, 0.5) is 0 Å². The summed E-state index contributed by atoms with van der Waals surface area (Å²) in [5.41, 5.74) is 1.32. The topological polar surface area (TPSA) is 38.1 Å². The number of aryl methyl sites for hydroxylation is 2. The molecule has 4 heteroatoms. The first kappa shape index (κ1) is 16.7. The Labute approximate surface area is 144 Å². The van der Waals surface area contributed by atoms with Gasteiger partial charge in [-0.3, -0.25) is 4.79 Å².